The molecule has 6 nitrogen and oxygen atoms in total. The first-order chi connectivity index (χ1) is 11.1. The number of hydrogen-bond donors (Lipinski definition) is 2. The molecule has 0 bridgehead atoms. The first-order valence-electron chi connectivity index (χ1n) is 6.96. The van der Waals surface area contributed by atoms with E-state index in [1.165, 1.54) is 0 Å². The van der Waals surface area contributed by atoms with Crippen LogP contribution in [0.1, 0.15) is 25.3 Å². The molecule has 0 heterocycles. The molecular weight excluding hydrogens is 347 g/mol. The van der Waals surface area contributed by atoms with E-state index in [1.54, 1.807) is 0 Å². The van der Waals surface area contributed by atoms with E-state index < -0.39 is 45.2 Å². The van der Waals surface area contributed by atoms with Gasteiger partial charge in [-0.05, 0) is 24.6 Å². The monoisotopic (exact) mass is 363 g/mol. The molecule has 2 N–H and O–H groups in total. The molecule has 0 saturated heterocycles. The minimum atomic E-state index is -4.68. The quantitative estimate of drug-likeness (QED) is 0.771. The third-order valence-electron chi connectivity index (χ3n) is 2.96. The van der Waals surface area contributed by atoms with Crippen molar-refractivity contribution in [3.63, 3.8) is 0 Å². The molecule has 0 aliphatic carbocycles. The smallest absolute Gasteiger partial charge is 0.339 e. The van der Waals surface area contributed by atoms with Crippen LogP contribution in [0.15, 0.2) is 29.2 Å². The van der Waals surface area contributed by atoms with E-state index in [1.807, 2.05) is 17.7 Å². The third kappa shape index (κ3) is 5.82. The Hall–Kier alpha value is -2.12. The number of amides is 1. The average Bonchev–Trinajstić information content (AvgIpc) is 2.52. The molecule has 0 saturated carbocycles. The van der Waals surface area contributed by atoms with E-state index in [2.05, 4.69) is 5.32 Å². The maximum atomic E-state index is 12.6. The highest BCUT2D eigenvalue weighted by atomic mass is 32.2. The van der Waals surface area contributed by atoms with Crippen LogP contribution in [0, 0.1) is 11.3 Å². The number of nitrogens with zero attached hydrogens (tertiary/aromatic N) is 1. The normalized spacial score (nSPS) is 13.1. The van der Waals surface area contributed by atoms with Crippen LogP contribution in [-0.2, 0) is 21.0 Å². The van der Waals surface area contributed by atoms with Crippen LogP contribution in [0.25, 0.3) is 0 Å². The number of nitrogens with one attached hydrogen (secondary N) is 2. The van der Waals surface area contributed by atoms with Gasteiger partial charge in [-0.3, -0.25) is 4.79 Å². The summed E-state index contributed by atoms with van der Waals surface area (Å²) in [6.07, 6.45) is -3.62. The van der Waals surface area contributed by atoms with Crippen molar-refractivity contribution in [3.8, 4) is 6.07 Å². The van der Waals surface area contributed by atoms with E-state index >= 15 is 0 Å². The fraction of sp³-hybridized carbons (Fsp3) is 0.429. The lowest BCUT2D eigenvalue weighted by molar-refractivity contribution is -0.137. The number of alkyl halides is 3. The predicted octanol–water partition coefficient (Wildman–Crippen LogP) is 1.79. The molecular formula is C14H16F3N3O3S. The Balaban J connectivity index is 2.77. The molecule has 0 radical (unpaired) electrons. The molecule has 24 heavy (non-hydrogen) atoms. The fourth-order valence-electron chi connectivity index (χ4n) is 1.79. The van der Waals surface area contributed by atoms with Gasteiger partial charge in [0.15, 0.2) is 0 Å². The average molecular weight is 363 g/mol. The van der Waals surface area contributed by atoms with Crippen LogP contribution in [0.5, 0.6) is 0 Å². The van der Waals surface area contributed by atoms with Crippen LogP contribution in [0.3, 0.4) is 0 Å². The third-order valence-corrected chi connectivity index (χ3v) is 4.36. The molecule has 10 heteroatoms. The highest BCUT2D eigenvalue weighted by molar-refractivity contribution is 7.89. The van der Waals surface area contributed by atoms with Gasteiger partial charge >= 0.3 is 6.18 Å². The molecule has 1 unspecified atom stereocenters. The van der Waals surface area contributed by atoms with Crippen LogP contribution >= 0.6 is 0 Å². The first kappa shape index (κ1) is 19.9. The van der Waals surface area contributed by atoms with E-state index in [4.69, 9.17) is 5.26 Å². The summed E-state index contributed by atoms with van der Waals surface area (Å²) in [7, 11) is -4.29. The van der Waals surface area contributed by atoms with Gasteiger partial charge in [-0.1, -0.05) is 19.4 Å². The summed E-state index contributed by atoms with van der Waals surface area (Å²) >= 11 is 0. The van der Waals surface area contributed by atoms with Crippen molar-refractivity contribution < 1.29 is 26.4 Å². The molecule has 0 spiro atoms. The van der Waals surface area contributed by atoms with Gasteiger partial charge in [-0.15, -0.1) is 0 Å². The summed E-state index contributed by atoms with van der Waals surface area (Å²) in [6.45, 7) is 1.13. The zero-order valence-electron chi connectivity index (χ0n) is 12.7. The SMILES string of the molecule is CCCC(C#N)NC(=O)CNS(=O)(=O)c1cccc(C(F)(F)F)c1. The number of sulfonamides is 1. The van der Waals surface area contributed by atoms with Crippen molar-refractivity contribution in [1.82, 2.24) is 10.0 Å². The number of halogens is 3. The Kier molecular flexibility index (Phi) is 6.74. The number of carbonyl (C=O) groups excluding carboxylic acids is 1. The zero-order valence-corrected chi connectivity index (χ0v) is 13.5. The van der Waals surface area contributed by atoms with Crippen LogP contribution < -0.4 is 10.0 Å². The van der Waals surface area contributed by atoms with Crippen molar-refractivity contribution in [2.45, 2.75) is 36.9 Å². The largest absolute Gasteiger partial charge is 0.416 e. The molecule has 0 aliphatic rings. The molecule has 0 aliphatic heterocycles. The minimum Gasteiger partial charge on any atom is -0.339 e. The van der Waals surface area contributed by atoms with Crippen molar-refractivity contribution in [2.75, 3.05) is 6.54 Å². The Bertz CT molecular complexity index is 727. The van der Waals surface area contributed by atoms with Crippen molar-refractivity contribution in [2.24, 2.45) is 0 Å². The second-order valence-electron chi connectivity index (χ2n) is 4.89. The topological polar surface area (TPSA) is 99.1 Å². The molecule has 0 fully saturated rings. The van der Waals surface area contributed by atoms with Gasteiger partial charge in [0, 0.05) is 0 Å². The summed E-state index contributed by atoms with van der Waals surface area (Å²) in [5.41, 5.74) is -1.11. The second kappa shape index (κ2) is 8.12. The van der Waals surface area contributed by atoms with Crippen LogP contribution in [0.2, 0.25) is 0 Å². The molecule has 1 rings (SSSR count). The number of nitriles is 1. The van der Waals surface area contributed by atoms with E-state index in [9.17, 15) is 26.4 Å². The van der Waals surface area contributed by atoms with Crippen molar-refractivity contribution in [3.05, 3.63) is 29.8 Å². The molecule has 132 valence electrons. The molecule has 1 amide bonds. The van der Waals surface area contributed by atoms with Crippen molar-refractivity contribution >= 4 is 15.9 Å². The van der Waals surface area contributed by atoms with E-state index in [0.29, 0.717) is 18.9 Å². The van der Waals surface area contributed by atoms with E-state index in [-0.39, 0.29) is 0 Å². The minimum absolute atomic E-state index is 0.405. The van der Waals surface area contributed by atoms with Gasteiger partial charge in [0.2, 0.25) is 15.9 Å². The summed E-state index contributed by atoms with van der Waals surface area (Å²) in [5.74, 6) is -0.745. The van der Waals surface area contributed by atoms with Gasteiger partial charge < -0.3 is 5.32 Å². The molecule has 1 aromatic carbocycles. The highest BCUT2D eigenvalue weighted by Crippen LogP contribution is 2.30. The Labute approximate surface area is 137 Å². The molecule has 0 aromatic heterocycles. The Morgan fingerprint density at radius 3 is 2.58 bits per heavy atom. The Morgan fingerprint density at radius 2 is 2.04 bits per heavy atom. The molecule has 1 atom stereocenters. The summed E-state index contributed by atoms with van der Waals surface area (Å²) in [5, 5.41) is 11.1. The van der Waals surface area contributed by atoms with Gasteiger partial charge in [0.1, 0.15) is 6.04 Å². The van der Waals surface area contributed by atoms with Gasteiger partial charge in [-0.25, -0.2) is 13.1 Å². The number of benzene rings is 1. The zero-order chi connectivity index (χ0) is 18.4. The van der Waals surface area contributed by atoms with Crippen molar-refractivity contribution in [1.29, 1.82) is 5.26 Å². The fourth-order valence-corrected chi connectivity index (χ4v) is 2.81. The van der Waals surface area contributed by atoms with E-state index in [0.717, 1.165) is 18.2 Å². The number of rotatable bonds is 7. The van der Waals surface area contributed by atoms with Gasteiger partial charge in [0.05, 0.1) is 23.1 Å². The first-order valence-corrected chi connectivity index (χ1v) is 8.44. The highest BCUT2D eigenvalue weighted by Gasteiger charge is 2.31. The molecule has 1 aromatic rings. The van der Waals surface area contributed by atoms with Crippen LogP contribution in [0.4, 0.5) is 13.2 Å². The van der Waals surface area contributed by atoms with Gasteiger partial charge in [-0.2, -0.15) is 18.4 Å². The number of hydrogen-bond acceptors (Lipinski definition) is 4. The Morgan fingerprint density at radius 1 is 1.38 bits per heavy atom. The lowest BCUT2D eigenvalue weighted by atomic mass is 10.2. The predicted molar refractivity (Wildman–Crippen MR) is 79.1 cm³/mol. The van der Waals surface area contributed by atoms with Gasteiger partial charge in [0.25, 0.3) is 0 Å². The lowest BCUT2D eigenvalue weighted by Gasteiger charge is -2.12. The summed E-state index contributed by atoms with van der Waals surface area (Å²) in [4.78, 5) is 11.0. The maximum absolute atomic E-state index is 12.6. The maximum Gasteiger partial charge on any atom is 0.416 e. The summed E-state index contributed by atoms with van der Waals surface area (Å²) < 4.78 is 63.7. The number of carbonyl (C=O) groups is 1. The lowest BCUT2D eigenvalue weighted by Crippen LogP contribution is -2.41. The summed E-state index contributed by atoms with van der Waals surface area (Å²) in [6, 6.07) is 4.28. The van der Waals surface area contributed by atoms with Crippen LogP contribution in [-0.4, -0.2) is 26.9 Å². The second-order valence-corrected chi connectivity index (χ2v) is 6.65. The standard InChI is InChI=1S/C14H16F3N3O3S/c1-2-4-11(8-18)20-13(21)9-19-24(22,23)12-6-3-5-10(7-12)14(15,16)17/h3,5-7,11,19H,2,4,9H2,1H3,(H,20,21).